The van der Waals surface area contributed by atoms with E-state index >= 15 is 0 Å². The second kappa shape index (κ2) is 20.7. The van der Waals surface area contributed by atoms with E-state index in [1.807, 2.05) is 23.9 Å². The number of benzene rings is 15. The van der Waals surface area contributed by atoms with Crippen LogP contribution in [0.3, 0.4) is 0 Å². The van der Waals surface area contributed by atoms with Crippen molar-refractivity contribution in [2.45, 2.75) is 20.6 Å². The van der Waals surface area contributed by atoms with E-state index in [1.165, 1.54) is 103 Å². The number of hydrogen-bond acceptors (Lipinski definition) is 5. The Hall–Kier alpha value is -13.3. The summed E-state index contributed by atoms with van der Waals surface area (Å²) in [6.07, 6.45) is 0. The van der Waals surface area contributed by atoms with Crippen LogP contribution >= 0.6 is 11.8 Å². The van der Waals surface area contributed by atoms with Crippen LogP contribution in [0.5, 0.6) is 11.5 Å². The highest BCUT2D eigenvalue weighted by atomic mass is 32.2. The molecule has 4 aliphatic heterocycles. The molecule has 104 heavy (non-hydrogen) atoms. The van der Waals surface area contributed by atoms with Crippen molar-refractivity contribution in [2.24, 2.45) is 0 Å². The fourth-order valence-electron chi connectivity index (χ4n) is 19.0. The van der Waals surface area contributed by atoms with E-state index < -0.39 is 10.8 Å². The minimum atomic E-state index is -0.726. The molecule has 7 nitrogen and oxygen atoms in total. The summed E-state index contributed by atoms with van der Waals surface area (Å²) in [4.78, 5) is 13.6. The van der Waals surface area contributed by atoms with Gasteiger partial charge in [0, 0.05) is 92.5 Å². The normalized spacial score (nSPS) is 15.8. The first-order valence-electron chi connectivity index (χ1n) is 35.6. The fraction of sp³-hybridized carbons (Fsp3) is 0.0208. The molecule has 2 atom stereocenters. The summed E-state index contributed by atoms with van der Waals surface area (Å²) in [5.74, 6) is 2.27. The molecule has 4 aliphatic rings. The van der Waals surface area contributed by atoms with Crippen molar-refractivity contribution in [1.29, 1.82) is 0 Å². The van der Waals surface area contributed by atoms with Crippen LogP contribution in [0.1, 0.15) is 44.5 Å². The highest BCUT2D eigenvalue weighted by molar-refractivity contribution is 7.99. The van der Waals surface area contributed by atoms with Gasteiger partial charge in [-0.1, -0.05) is 254 Å². The maximum absolute atomic E-state index is 6.96. The summed E-state index contributed by atoms with van der Waals surface area (Å²) in [5.41, 5.74) is 27.4. The van der Waals surface area contributed by atoms with E-state index in [2.05, 4.69) is 335 Å². The van der Waals surface area contributed by atoms with Gasteiger partial charge >= 0.3 is 0 Å². The van der Waals surface area contributed by atoms with Crippen LogP contribution in [0.25, 0.3) is 149 Å². The monoisotopic (exact) mass is 1340 g/mol. The predicted molar refractivity (Wildman–Crippen MR) is 422 cm³/mol. The zero-order chi connectivity index (χ0) is 67.7. The van der Waals surface area contributed by atoms with Crippen molar-refractivity contribution in [3.8, 4) is 73.6 Å². The first-order chi connectivity index (χ1) is 51.6. The molecule has 0 radical (unpaired) electrons. The Morgan fingerprint density at radius 3 is 1.61 bits per heavy atom. The summed E-state index contributed by atoms with van der Waals surface area (Å²) in [5, 5.41) is 9.44. The van der Waals surface area contributed by atoms with Crippen LogP contribution in [0.4, 0.5) is 0 Å². The van der Waals surface area contributed by atoms with Crippen LogP contribution < -0.4 is 4.74 Å². The van der Waals surface area contributed by atoms with Crippen LogP contribution in [0.2, 0.25) is 0 Å². The molecule has 2 unspecified atom stereocenters. The zero-order valence-electron chi connectivity index (χ0n) is 55.7. The lowest BCUT2D eigenvalue weighted by molar-refractivity contribution is 0.434. The van der Waals surface area contributed by atoms with Crippen molar-refractivity contribution < 1.29 is 9.15 Å². The molecular formula is C96H55N5O2S. The molecule has 2 spiro atoms. The predicted octanol–water partition coefficient (Wildman–Crippen LogP) is 24.3. The zero-order valence-corrected chi connectivity index (χ0v) is 56.5. The maximum Gasteiger partial charge on any atom is 0.160 e. The SMILES string of the molecule is c1ccc(-c2cc(-c3cccc(-c4ccc5c(c4)c4cccc6c4n5-c4ccccc4C64c5ccccc5Oc5cc6oc7ccccc7c6cc54)c3)nc(-c3cccc(-n4c5ccccc5c5ccc6c(c54)Sc4ccccc4C64c5ccccc5-n5c6ccccc6c6cccc4c65)c3)n2)cc1. The lowest BCUT2D eigenvalue weighted by Crippen LogP contribution is -2.37. The Morgan fingerprint density at radius 2 is 0.827 bits per heavy atom. The van der Waals surface area contributed by atoms with Gasteiger partial charge in [0.05, 0.1) is 66.7 Å². The average Bonchev–Trinajstić information content (AvgIpc) is 1.35. The van der Waals surface area contributed by atoms with Gasteiger partial charge in [0.2, 0.25) is 0 Å². The molecule has 5 aromatic heterocycles. The lowest BCUT2D eigenvalue weighted by atomic mass is 9.61. The summed E-state index contributed by atoms with van der Waals surface area (Å²) in [7, 11) is 0. The third kappa shape index (κ3) is 7.31. The molecular weight excluding hydrogens is 1290 g/mol. The van der Waals surface area contributed by atoms with E-state index in [0.717, 1.165) is 106 Å². The third-order valence-electron chi connectivity index (χ3n) is 23.1. The summed E-state index contributed by atoms with van der Waals surface area (Å²) in [6.45, 7) is 0. The molecule has 20 aromatic rings. The number of aromatic nitrogens is 5. The average molecular weight is 1340 g/mol. The van der Waals surface area contributed by atoms with Crippen molar-refractivity contribution in [1.82, 2.24) is 23.7 Å². The molecule has 15 aromatic carbocycles. The van der Waals surface area contributed by atoms with Crippen molar-refractivity contribution >= 4 is 99.1 Å². The Bertz CT molecular complexity index is 7210. The number of nitrogens with zero attached hydrogens (tertiary/aromatic N) is 5. The van der Waals surface area contributed by atoms with Gasteiger partial charge < -0.3 is 22.9 Å². The summed E-state index contributed by atoms with van der Waals surface area (Å²) in [6, 6.07) is 123. The quantitative estimate of drug-likeness (QED) is 0.172. The molecule has 482 valence electrons. The molecule has 0 bridgehead atoms. The van der Waals surface area contributed by atoms with Gasteiger partial charge in [-0.05, 0) is 129 Å². The van der Waals surface area contributed by atoms with Crippen molar-refractivity contribution in [2.75, 3.05) is 0 Å². The molecule has 0 amide bonds. The highest BCUT2D eigenvalue weighted by Gasteiger charge is 2.52. The first kappa shape index (κ1) is 56.5. The molecule has 0 fully saturated rings. The van der Waals surface area contributed by atoms with Crippen LogP contribution in [0.15, 0.2) is 348 Å². The fourth-order valence-corrected chi connectivity index (χ4v) is 20.3. The molecule has 24 rings (SSSR count). The lowest BCUT2D eigenvalue weighted by Gasteiger charge is -2.45. The Labute approximate surface area is 600 Å². The van der Waals surface area contributed by atoms with Gasteiger partial charge in [0.25, 0.3) is 0 Å². The van der Waals surface area contributed by atoms with Gasteiger partial charge in [0.15, 0.2) is 5.82 Å². The van der Waals surface area contributed by atoms with E-state index in [4.69, 9.17) is 19.1 Å². The first-order valence-corrected chi connectivity index (χ1v) is 36.4. The molecule has 8 heteroatoms. The number of furan rings is 1. The van der Waals surface area contributed by atoms with E-state index in [1.54, 1.807) is 0 Å². The number of fused-ring (bicyclic) bond motifs is 29. The molecule has 0 aliphatic carbocycles. The van der Waals surface area contributed by atoms with Crippen LogP contribution in [0, 0.1) is 0 Å². The molecule has 0 saturated heterocycles. The second-order valence-electron chi connectivity index (χ2n) is 28.1. The highest BCUT2D eigenvalue weighted by Crippen LogP contribution is 2.64. The van der Waals surface area contributed by atoms with E-state index in [0.29, 0.717) is 5.82 Å². The third-order valence-corrected chi connectivity index (χ3v) is 24.3. The molecule has 0 N–H and O–H groups in total. The Balaban J connectivity index is 0.665. The minimum Gasteiger partial charge on any atom is -0.457 e. The second-order valence-corrected chi connectivity index (χ2v) is 29.2. The smallest absolute Gasteiger partial charge is 0.160 e. The number of ether oxygens (including phenoxy) is 1. The Kier molecular flexibility index (Phi) is 11.2. The van der Waals surface area contributed by atoms with Gasteiger partial charge in [-0.2, -0.15) is 0 Å². The van der Waals surface area contributed by atoms with Gasteiger partial charge in [-0.3, -0.25) is 0 Å². The summed E-state index contributed by atoms with van der Waals surface area (Å²) < 4.78 is 21.0. The number of hydrogen-bond donors (Lipinski definition) is 0. The summed E-state index contributed by atoms with van der Waals surface area (Å²) >= 11 is 1.90. The van der Waals surface area contributed by atoms with Gasteiger partial charge in [-0.25, -0.2) is 9.97 Å². The minimum absolute atomic E-state index is 0.645. The number of para-hydroxylation sites is 8. The van der Waals surface area contributed by atoms with Crippen LogP contribution in [-0.4, -0.2) is 23.7 Å². The molecule has 9 heterocycles. The topological polar surface area (TPSA) is 62.9 Å². The van der Waals surface area contributed by atoms with E-state index in [9.17, 15) is 0 Å². The maximum atomic E-state index is 6.96. The van der Waals surface area contributed by atoms with Crippen LogP contribution in [-0.2, 0) is 10.8 Å². The number of rotatable bonds is 5. The van der Waals surface area contributed by atoms with E-state index in [-0.39, 0.29) is 0 Å². The van der Waals surface area contributed by atoms with Crippen molar-refractivity contribution in [3.63, 3.8) is 0 Å². The standard InChI is InChI=1S/C96H55N5O2S/c1-2-22-56(23-3-1)78-54-79(59-25-18-24-57(50-59)58-46-49-82-68(52-58)66-32-21-37-74-91(66)101(82)83-41-13-7-33-70(83)95(74)72-35-9-16-44-86(72)103-88-55-87-69(53-77(88)95)64-30-6-15-43-85(64)102-87)98-94(97-78)60-26-19-27-61(51-60)99-80-39-11-4-29-63(80)67-47-48-76-93(92(67)99)104-89-45-17-10-36-73(89)96(76)71-34-8-14-42-84(71)100-81-40-12-5-28-62(81)65-31-20-38-75(96)90(65)100/h1-55H. The van der Waals surface area contributed by atoms with Gasteiger partial charge in [-0.15, -0.1) is 0 Å². The largest absolute Gasteiger partial charge is 0.457 e. The Morgan fingerprint density at radius 1 is 0.279 bits per heavy atom. The van der Waals surface area contributed by atoms with Gasteiger partial charge in [0.1, 0.15) is 22.7 Å². The molecule has 0 saturated carbocycles. The van der Waals surface area contributed by atoms with Crippen molar-refractivity contribution in [3.05, 3.63) is 378 Å².